The Balaban J connectivity index is 2.06. The molecule has 1 unspecified atom stereocenters. The van der Waals surface area contributed by atoms with E-state index in [1.807, 2.05) is 0 Å². The Morgan fingerprint density at radius 3 is 2.84 bits per heavy atom. The first-order valence-corrected chi connectivity index (χ1v) is 7.78. The zero-order chi connectivity index (χ0) is 13.9. The van der Waals surface area contributed by atoms with Crippen molar-refractivity contribution in [3.8, 4) is 0 Å². The van der Waals surface area contributed by atoms with Gasteiger partial charge in [0.2, 0.25) is 10.0 Å². The standard InChI is InChI=1S/C12H16F2N2O2S/c13-10-4-1-5-11(12(10)14)16-19(17,18)8-9-3-2-6-15-7-9/h1,4-5,9,15-16H,2-3,6-8H2. The van der Waals surface area contributed by atoms with Crippen LogP contribution < -0.4 is 10.0 Å². The molecule has 2 rings (SSSR count). The van der Waals surface area contributed by atoms with E-state index in [-0.39, 0.29) is 17.4 Å². The maximum Gasteiger partial charge on any atom is 0.233 e. The fourth-order valence-electron chi connectivity index (χ4n) is 2.17. The van der Waals surface area contributed by atoms with Crippen LogP contribution in [0.25, 0.3) is 0 Å². The minimum Gasteiger partial charge on any atom is -0.316 e. The molecule has 4 nitrogen and oxygen atoms in total. The fraction of sp³-hybridized carbons (Fsp3) is 0.500. The molecule has 7 heteroatoms. The molecule has 0 bridgehead atoms. The minimum absolute atomic E-state index is 0.00266. The van der Waals surface area contributed by atoms with E-state index in [4.69, 9.17) is 0 Å². The highest BCUT2D eigenvalue weighted by atomic mass is 32.2. The van der Waals surface area contributed by atoms with Crippen LogP contribution in [-0.2, 0) is 10.0 Å². The van der Waals surface area contributed by atoms with Crippen LogP contribution in [-0.4, -0.2) is 27.3 Å². The van der Waals surface area contributed by atoms with Crippen molar-refractivity contribution in [2.24, 2.45) is 5.92 Å². The summed E-state index contributed by atoms with van der Waals surface area (Å²) in [5.41, 5.74) is -0.344. The summed E-state index contributed by atoms with van der Waals surface area (Å²) in [6.07, 6.45) is 1.74. The molecule has 19 heavy (non-hydrogen) atoms. The quantitative estimate of drug-likeness (QED) is 0.887. The lowest BCUT2D eigenvalue weighted by atomic mass is 10.0. The molecule has 1 atom stereocenters. The molecule has 0 aliphatic carbocycles. The second kappa shape index (κ2) is 5.83. The SMILES string of the molecule is O=S(=O)(CC1CCCNC1)Nc1cccc(F)c1F. The number of piperidine rings is 1. The Kier molecular flexibility index (Phi) is 4.36. The van der Waals surface area contributed by atoms with Gasteiger partial charge in [0, 0.05) is 0 Å². The minimum atomic E-state index is -3.67. The average molecular weight is 290 g/mol. The van der Waals surface area contributed by atoms with Crippen molar-refractivity contribution in [1.29, 1.82) is 0 Å². The number of nitrogens with one attached hydrogen (secondary N) is 2. The number of halogens is 2. The third-order valence-electron chi connectivity index (χ3n) is 3.07. The molecule has 0 aromatic heterocycles. The van der Waals surface area contributed by atoms with Gasteiger partial charge in [-0.15, -0.1) is 0 Å². The molecule has 106 valence electrons. The lowest BCUT2D eigenvalue weighted by Crippen LogP contribution is -2.35. The Hall–Kier alpha value is -1.21. The van der Waals surface area contributed by atoms with Gasteiger partial charge in [0.05, 0.1) is 11.4 Å². The van der Waals surface area contributed by atoms with Crippen molar-refractivity contribution in [2.75, 3.05) is 23.6 Å². The monoisotopic (exact) mass is 290 g/mol. The van der Waals surface area contributed by atoms with Crippen molar-refractivity contribution < 1.29 is 17.2 Å². The van der Waals surface area contributed by atoms with Gasteiger partial charge in [0.1, 0.15) is 0 Å². The van der Waals surface area contributed by atoms with Gasteiger partial charge < -0.3 is 5.32 Å². The third-order valence-corrected chi connectivity index (χ3v) is 4.51. The molecule has 1 aliphatic heterocycles. The lowest BCUT2D eigenvalue weighted by molar-refractivity contribution is 0.404. The number of hydrogen-bond acceptors (Lipinski definition) is 3. The Morgan fingerprint density at radius 2 is 2.16 bits per heavy atom. The van der Waals surface area contributed by atoms with E-state index in [0.29, 0.717) is 6.54 Å². The van der Waals surface area contributed by atoms with E-state index in [1.165, 1.54) is 12.1 Å². The molecular weight excluding hydrogens is 274 g/mol. The zero-order valence-corrected chi connectivity index (χ0v) is 11.1. The van der Waals surface area contributed by atoms with Gasteiger partial charge in [-0.2, -0.15) is 0 Å². The highest BCUT2D eigenvalue weighted by Crippen LogP contribution is 2.20. The molecule has 1 aromatic carbocycles. The maximum atomic E-state index is 13.4. The number of sulfonamides is 1. The number of benzene rings is 1. The topological polar surface area (TPSA) is 58.2 Å². The van der Waals surface area contributed by atoms with Gasteiger partial charge in [-0.25, -0.2) is 17.2 Å². The molecule has 1 heterocycles. The first kappa shape index (κ1) is 14.2. The van der Waals surface area contributed by atoms with E-state index in [0.717, 1.165) is 25.5 Å². The van der Waals surface area contributed by atoms with Crippen LogP contribution in [0.4, 0.5) is 14.5 Å². The summed E-state index contributed by atoms with van der Waals surface area (Å²) >= 11 is 0. The van der Waals surface area contributed by atoms with Crippen molar-refractivity contribution in [3.63, 3.8) is 0 Å². The largest absolute Gasteiger partial charge is 0.316 e. The number of hydrogen-bond donors (Lipinski definition) is 2. The highest BCUT2D eigenvalue weighted by Gasteiger charge is 2.22. The van der Waals surface area contributed by atoms with Gasteiger partial charge in [0.15, 0.2) is 11.6 Å². The second-order valence-corrected chi connectivity index (χ2v) is 6.46. The Labute approximate surface area is 111 Å². The molecule has 1 fully saturated rings. The lowest BCUT2D eigenvalue weighted by Gasteiger charge is -2.22. The van der Waals surface area contributed by atoms with Crippen molar-refractivity contribution in [2.45, 2.75) is 12.8 Å². The first-order chi connectivity index (χ1) is 8.98. The summed E-state index contributed by atoms with van der Waals surface area (Å²) in [5, 5.41) is 3.12. The predicted molar refractivity (Wildman–Crippen MR) is 69.4 cm³/mol. The first-order valence-electron chi connectivity index (χ1n) is 6.13. The summed E-state index contributed by atoms with van der Waals surface area (Å²) in [6, 6.07) is 3.41. The van der Waals surface area contributed by atoms with E-state index in [1.54, 1.807) is 0 Å². The predicted octanol–water partition coefficient (Wildman–Crippen LogP) is 1.71. The van der Waals surface area contributed by atoms with Gasteiger partial charge in [-0.1, -0.05) is 6.07 Å². The second-order valence-electron chi connectivity index (χ2n) is 4.70. The van der Waals surface area contributed by atoms with Crippen LogP contribution in [0.1, 0.15) is 12.8 Å². The molecule has 1 aromatic rings. The van der Waals surface area contributed by atoms with E-state index < -0.39 is 21.7 Å². The highest BCUT2D eigenvalue weighted by molar-refractivity contribution is 7.92. The normalized spacial score (nSPS) is 20.2. The van der Waals surface area contributed by atoms with Crippen LogP contribution in [0, 0.1) is 17.6 Å². The van der Waals surface area contributed by atoms with Crippen LogP contribution >= 0.6 is 0 Å². The van der Waals surface area contributed by atoms with E-state index in [9.17, 15) is 17.2 Å². The summed E-state index contributed by atoms with van der Waals surface area (Å²) in [6.45, 7) is 1.52. The molecule has 0 amide bonds. The molecule has 2 N–H and O–H groups in total. The van der Waals surface area contributed by atoms with Crippen molar-refractivity contribution in [3.05, 3.63) is 29.8 Å². The zero-order valence-electron chi connectivity index (χ0n) is 10.3. The maximum absolute atomic E-state index is 13.4. The average Bonchev–Trinajstić information content (AvgIpc) is 2.35. The van der Waals surface area contributed by atoms with Gasteiger partial charge >= 0.3 is 0 Å². The molecule has 0 radical (unpaired) electrons. The smallest absolute Gasteiger partial charge is 0.233 e. The van der Waals surface area contributed by atoms with Gasteiger partial charge in [0.25, 0.3) is 0 Å². The van der Waals surface area contributed by atoms with E-state index >= 15 is 0 Å². The van der Waals surface area contributed by atoms with Crippen LogP contribution in [0.3, 0.4) is 0 Å². The number of anilines is 1. The molecule has 0 spiro atoms. The summed E-state index contributed by atoms with van der Waals surface area (Å²) < 4.78 is 52.3. The third kappa shape index (κ3) is 3.87. The van der Waals surface area contributed by atoms with Crippen LogP contribution in [0.5, 0.6) is 0 Å². The van der Waals surface area contributed by atoms with E-state index in [2.05, 4.69) is 10.0 Å². The number of rotatable bonds is 4. The van der Waals surface area contributed by atoms with Crippen LogP contribution in [0.2, 0.25) is 0 Å². The van der Waals surface area contributed by atoms with Crippen LogP contribution in [0.15, 0.2) is 18.2 Å². The summed E-state index contributed by atoms with van der Waals surface area (Å²) in [7, 11) is -3.67. The van der Waals surface area contributed by atoms with Gasteiger partial charge in [-0.3, -0.25) is 4.72 Å². The summed E-state index contributed by atoms with van der Waals surface area (Å²) in [4.78, 5) is 0. The summed E-state index contributed by atoms with van der Waals surface area (Å²) in [5.74, 6) is -2.33. The Bertz CT molecular complexity index is 543. The molecule has 1 saturated heterocycles. The molecular formula is C12H16F2N2O2S. The van der Waals surface area contributed by atoms with Gasteiger partial charge in [-0.05, 0) is 44.0 Å². The van der Waals surface area contributed by atoms with Crippen molar-refractivity contribution in [1.82, 2.24) is 5.32 Å². The fourth-order valence-corrected chi connectivity index (χ4v) is 3.65. The van der Waals surface area contributed by atoms with Crippen molar-refractivity contribution >= 4 is 15.7 Å². The molecule has 0 saturated carbocycles. The molecule has 1 aliphatic rings. The Morgan fingerprint density at radius 1 is 1.37 bits per heavy atom.